The first-order valence-electron chi connectivity index (χ1n) is 8.47. The summed E-state index contributed by atoms with van der Waals surface area (Å²) < 4.78 is 39.7. The number of halogens is 1. The molecule has 6 nitrogen and oxygen atoms in total. The van der Waals surface area contributed by atoms with Gasteiger partial charge in [0, 0.05) is 32.2 Å². The number of nitrogens with zero attached hydrogens (tertiary/aromatic N) is 2. The van der Waals surface area contributed by atoms with Gasteiger partial charge in [0.05, 0.1) is 11.4 Å². The summed E-state index contributed by atoms with van der Waals surface area (Å²) in [6.07, 6.45) is 0. The van der Waals surface area contributed by atoms with Crippen LogP contribution in [0.15, 0.2) is 29.2 Å². The van der Waals surface area contributed by atoms with E-state index in [0.29, 0.717) is 19.0 Å². The van der Waals surface area contributed by atoms with Gasteiger partial charge in [-0.3, -0.25) is 9.69 Å². The number of rotatable bonds is 6. The van der Waals surface area contributed by atoms with Gasteiger partial charge < -0.3 is 5.32 Å². The molecule has 1 fully saturated rings. The maximum Gasteiger partial charge on any atom is 0.243 e. The summed E-state index contributed by atoms with van der Waals surface area (Å²) in [5, 5.41) is 2.95. The molecule has 1 aromatic carbocycles. The average molecular weight is 371 g/mol. The molecule has 1 amide bonds. The van der Waals surface area contributed by atoms with Crippen LogP contribution in [-0.4, -0.2) is 62.3 Å². The van der Waals surface area contributed by atoms with Gasteiger partial charge in [-0.1, -0.05) is 19.9 Å². The van der Waals surface area contributed by atoms with E-state index in [1.54, 1.807) is 0 Å². The fourth-order valence-electron chi connectivity index (χ4n) is 2.57. The summed E-state index contributed by atoms with van der Waals surface area (Å²) >= 11 is 0. The molecule has 0 spiro atoms. The molecule has 2 rings (SSSR count). The number of hydrogen-bond acceptors (Lipinski definition) is 4. The number of sulfonamides is 1. The highest BCUT2D eigenvalue weighted by molar-refractivity contribution is 7.89. The summed E-state index contributed by atoms with van der Waals surface area (Å²) in [7, 11) is -3.70. The van der Waals surface area contributed by atoms with Gasteiger partial charge in [0.2, 0.25) is 15.9 Å². The van der Waals surface area contributed by atoms with E-state index in [2.05, 4.69) is 5.32 Å². The quantitative estimate of drug-likeness (QED) is 0.818. The van der Waals surface area contributed by atoms with Crippen LogP contribution in [0.5, 0.6) is 0 Å². The van der Waals surface area contributed by atoms with Crippen LogP contribution in [0.25, 0.3) is 0 Å². The lowest BCUT2D eigenvalue weighted by atomic mass is 10.1. The van der Waals surface area contributed by atoms with Crippen LogP contribution in [0.3, 0.4) is 0 Å². The second-order valence-corrected chi connectivity index (χ2v) is 8.68. The van der Waals surface area contributed by atoms with Crippen LogP contribution in [0.2, 0.25) is 0 Å². The predicted molar refractivity (Wildman–Crippen MR) is 94.0 cm³/mol. The number of benzene rings is 1. The van der Waals surface area contributed by atoms with Crippen molar-refractivity contribution >= 4 is 15.9 Å². The molecule has 1 atom stereocenters. The zero-order chi connectivity index (χ0) is 18.6. The highest BCUT2D eigenvalue weighted by atomic mass is 32.2. The Hall–Kier alpha value is -1.51. The number of hydrogen-bond donors (Lipinski definition) is 1. The molecule has 0 saturated carbocycles. The molecule has 0 aliphatic carbocycles. The van der Waals surface area contributed by atoms with E-state index >= 15 is 0 Å². The third kappa shape index (κ3) is 5.23. The van der Waals surface area contributed by atoms with Crippen LogP contribution in [-0.2, 0) is 14.8 Å². The first-order chi connectivity index (χ1) is 11.7. The summed E-state index contributed by atoms with van der Waals surface area (Å²) in [6.45, 7) is 7.81. The molecular formula is C17H26FN3O3S. The SMILES string of the molecule is CC(C)[C@H](C)NC(=O)CN1CCN(S(=O)(=O)c2cccc(F)c2)CC1. The lowest BCUT2D eigenvalue weighted by Crippen LogP contribution is -2.51. The van der Waals surface area contributed by atoms with E-state index in [4.69, 9.17) is 0 Å². The predicted octanol–water partition coefficient (Wildman–Crippen LogP) is 1.29. The van der Waals surface area contributed by atoms with E-state index in [1.165, 1.54) is 22.5 Å². The molecule has 140 valence electrons. The van der Waals surface area contributed by atoms with Crippen molar-refractivity contribution in [3.63, 3.8) is 0 Å². The number of piperazine rings is 1. The Morgan fingerprint density at radius 3 is 2.40 bits per heavy atom. The third-order valence-corrected chi connectivity index (χ3v) is 6.42. The monoisotopic (exact) mass is 371 g/mol. The van der Waals surface area contributed by atoms with E-state index in [-0.39, 0.29) is 36.5 Å². The molecule has 1 saturated heterocycles. The largest absolute Gasteiger partial charge is 0.352 e. The van der Waals surface area contributed by atoms with Crippen molar-refractivity contribution in [2.45, 2.75) is 31.7 Å². The molecule has 1 aliphatic heterocycles. The topological polar surface area (TPSA) is 69.7 Å². The lowest BCUT2D eigenvalue weighted by molar-refractivity contribution is -0.123. The Labute approximate surface area is 149 Å². The van der Waals surface area contributed by atoms with Gasteiger partial charge in [0.15, 0.2) is 0 Å². The van der Waals surface area contributed by atoms with Crippen LogP contribution >= 0.6 is 0 Å². The molecule has 0 unspecified atom stereocenters. The molecule has 1 aromatic rings. The molecule has 1 heterocycles. The van der Waals surface area contributed by atoms with Gasteiger partial charge in [-0.15, -0.1) is 0 Å². The van der Waals surface area contributed by atoms with Gasteiger partial charge in [-0.2, -0.15) is 4.31 Å². The van der Waals surface area contributed by atoms with Crippen molar-refractivity contribution in [1.82, 2.24) is 14.5 Å². The summed E-state index contributed by atoms with van der Waals surface area (Å²) in [4.78, 5) is 13.9. The number of carbonyl (C=O) groups is 1. The Bertz CT molecular complexity index is 701. The molecule has 8 heteroatoms. The molecule has 0 aromatic heterocycles. The summed E-state index contributed by atoms with van der Waals surface area (Å²) in [5.74, 6) is -0.268. The second-order valence-electron chi connectivity index (χ2n) is 6.74. The Kier molecular flexibility index (Phi) is 6.53. The fourth-order valence-corrected chi connectivity index (χ4v) is 4.03. The molecular weight excluding hydrogens is 345 g/mol. The maximum absolute atomic E-state index is 13.3. The maximum atomic E-state index is 13.3. The Morgan fingerprint density at radius 2 is 1.84 bits per heavy atom. The minimum Gasteiger partial charge on any atom is -0.352 e. The average Bonchev–Trinajstić information content (AvgIpc) is 2.55. The van der Waals surface area contributed by atoms with Crippen molar-refractivity contribution in [2.75, 3.05) is 32.7 Å². The number of amides is 1. The highest BCUT2D eigenvalue weighted by Crippen LogP contribution is 2.18. The summed E-state index contributed by atoms with van der Waals surface area (Å²) in [6, 6.07) is 5.13. The van der Waals surface area contributed by atoms with Crippen molar-refractivity contribution < 1.29 is 17.6 Å². The lowest BCUT2D eigenvalue weighted by Gasteiger charge is -2.33. The minimum atomic E-state index is -3.70. The minimum absolute atomic E-state index is 0.0375. The first kappa shape index (κ1) is 19.8. The number of nitrogens with one attached hydrogen (secondary N) is 1. The van der Waals surface area contributed by atoms with Gasteiger partial charge in [0.1, 0.15) is 5.82 Å². The van der Waals surface area contributed by atoms with Gasteiger partial charge in [-0.25, -0.2) is 12.8 Å². The molecule has 0 radical (unpaired) electrons. The smallest absolute Gasteiger partial charge is 0.243 e. The molecule has 0 bridgehead atoms. The summed E-state index contributed by atoms with van der Waals surface area (Å²) in [5.41, 5.74) is 0. The van der Waals surface area contributed by atoms with Crippen molar-refractivity contribution in [2.24, 2.45) is 5.92 Å². The van der Waals surface area contributed by atoms with Crippen molar-refractivity contribution in [1.29, 1.82) is 0 Å². The Morgan fingerprint density at radius 1 is 1.20 bits per heavy atom. The fraction of sp³-hybridized carbons (Fsp3) is 0.588. The standard InChI is InChI=1S/C17H26FN3O3S/c1-13(2)14(3)19-17(22)12-20-7-9-21(10-8-20)25(23,24)16-6-4-5-15(18)11-16/h4-6,11,13-14H,7-10,12H2,1-3H3,(H,19,22)/t14-/m0/s1. The van der Waals surface area contributed by atoms with Crippen molar-refractivity contribution in [3.8, 4) is 0 Å². The van der Waals surface area contributed by atoms with Crippen LogP contribution in [0.1, 0.15) is 20.8 Å². The second kappa shape index (κ2) is 8.25. The van der Waals surface area contributed by atoms with Crippen LogP contribution in [0, 0.1) is 11.7 Å². The molecule has 25 heavy (non-hydrogen) atoms. The van der Waals surface area contributed by atoms with E-state index in [0.717, 1.165) is 6.07 Å². The highest BCUT2D eigenvalue weighted by Gasteiger charge is 2.29. The van der Waals surface area contributed by atoms with E-state index < -0.39 is 15.8 Å². The zero-order valence-corrected chi connectivity index (χ0v) is 15.7. The van der Waals surface area contributed by atoms with Gasteiger partial charge in [0.25, 0.3) is 0 Å². The number of carbonyl (C=O) groups excluding carboxylic acids is 1. The van der Waals surface area contributed by atoms with Gasteiger partial charge in [-0.05, 0) is 31.0 Å². The zero-order valence-electron chi connectivity index (χ0n) is 14.9. The van der Waals surface area contributed by atoms with Crippen LogP contribution in [0.4, 0.5) is 4.39 Å². The third-order valence-electron chi connectivity index (χ3n) is 4.52. The van der Waals surface area contributed by atoms with E-state index in [9.17, 15) is 17.6 Å². The normalized spacial score (nSPS) is 18.3. The molecule has 1 N–H and O–H groups in total. The van der Waals surface area contributed by atoms with Crippen LogP contribution < -0.4 is 5.32 Å². The van der Waals surface area contributed by atoms with Crippen molar-refractivity contribution in [3.05, 3.63) is 30.1 Å². The van der Waals surface area contributed by atoms with Gasteiger partial charge >= 0.3 is 0 Å². The van der Waals surface area contributed by atoms with E-state index in [1.807, 2.05) is 25.7 Å². The Balaban J connectivity index is 1.90. The first-order valence-corrected chi connectivity index (χ1v) is 9.91. The molecule has 1 aliphatic rings.